The van der Waals surface area contributed by atoms with Gasteiger partial charge < -0.3 is 9.47 Å². The fourth-order valence-electron chi connectivity index (χ4n) is 5.39. The van der Waals surface area contributed by atoms with Crippen molar-refractivity contribution in [1.82, 2.24) is 9.55 Å². The quantitative estimate of drug-likeness (QED) is 0.341. The summed E-state index contributed by atoms with van der Waals surface area (Å²) in [7, 11) is 2.12. The van der Waals surface area contributed by atoms with Gasteiger partial charge in [-0.05, 0) is 62.1 Å². The minimum Gasteiger partial charge on any atom is -0.318 e. The molecule has 0 saturated carbocycles. The molecule has 33 heavy (non-hydrogen) atoms. The van der Waals surface area contributed by atoms with Crippen LogP contribution in [0.15, 0.2) is 84.2 Å². The molecule has 1 unspecified atom stereocenters. The highest BCUT2D eigenvalue weighted by Gasteiger charge is 2.42. The van der Waals surface area contributed by atoms with Crippen molar-refractivity contribution >= 4 is 22.7 Å². The first-order valence-electron chi connectivity index (χ1n) is 11.7. The summed E-state index contributed by atoms with van der Waals surface area (Å²) in [6, 6.07) is 25.8. The number of aryl methyl sites for hydroxylation is 3. The van der Waals surface area contributed by atoms with Crippen LogP contribution < -0.4 is 9.80 Å². The molecule has 0 radical (unpaired) electrons. The molecular formula is C29H32N4. The first kappa shape index (κ1) is 21.3. The van der Waals surface area contributed by atoms with Crippen molar-refractivity contribution < 1.29 is 0 Å². The Morgan fingerprint density at radius 2 is 1.39 bits per heavy atom. The first-order valence-corrected chi connectivity index (χ1v) is 11.7. The van der Waals surface area contributed by atoms with Crippen molar-refractivity contribution in [3.05, 3.63) is 101 Å². The van der Waals surface area contributed by atoms with E-state index in [1.807, 2.05) is 0 Å². The van der Waals surface area contributed by atoms with Gasteiger partial charge in [-0.3, -0.25) is 4.90 Å². The van der Waals surface area contributed by atoms with Gasteiger partial charge in [-0.15, -0.1) is 0 Å². The van der Waals surface area contributed by atoms with Gasteiger partial charge in [0.15, 0.2) is 0 Å². The summed E-state index contributed by atoms with van der Waals surface area (Å²) in [5.41, 5.74) is 9.88. The van der Waals surface area contributed by atoms with E-state index in [1.165, 1.54) is 33.8 Å². The molecule has 2 heterocycles. The van der Waals surface area contributed by atoms with E-state index in [9.17, 15) is 0 Å². The standard InChI is InChI=1S/C29H32N4/c1-19(2)27-22(5)32(29-30-24-17-10-11-18-25(24)31(29)6)28(26-20(3)13-12-14-21(26)4)33(27)23-15-8-7-9-16-23/h7-19,28H,1-6H3. The number of imidazole rings is 1. The van der Waals surface area contributed by atoms with Crippen LogP contribution in [0.1, 0.15) is 43.6 Å². The van der Waals surface area contributed by atoms with Crippen LogP contribution in [0.4, 0.5) is 11.6 Å². The third-order valence-corrected chi connectivity index (χ3v) is 6.84. The molecule has 1 atom stereocenters. The number of nitrogens with zero attached hydrogens (tertiary/aromatic N) is 4. The molecule has 0 spiro atoms. The summed E-state index contributed by atoms with van der Waals surface area (Å²) in [5.74, 6) is 1.33. The molecule has 0 saturated heterocycles. The van der Waals surface area contributed by atoms with E-state index in [4.69, 9.17) is 4.98 Å². The summed E-state index contributed by atoms with van der Waals surface area (Å²) in [5, 5.41) is 0. The SMILES string of the molecule is CC1=C(C(C)C)N(c2ccccc2)C(c2c(C)cccc2C)N1c1nc2ccccc2n1C. The van der Waals surface area contributed by atoms with Gasteiger partial charge in [-0.25, -0.2) is 4.98 Å². The van der Waals surface area contributed by atoms with E-state index >= 15 is 0 Å². The number of fused-ring (bicyclic) bond motifs is 1. The van der Waals surface area contributed by atoms with E-state index in [-0.39, 0.29) is 6.17 Å². The van der Waals surface area contributed by atoms with Crippen molar-refractivity contribution in [2.24, 2.45) is 13.0 Å². The minimum atomic E-state index is -0.0125. The summed E-state index contributed by atoms with van der Waals surface area (Å²) in [6.45, 7) is 11.3. The lowest BCUT2D eigenvalue weighted by molar-refractivity contribution is 0.646. The van der Waals surface area contributed by atoms with Crippen molar-refractivity contribution in [3.8, 4) is 0 Å². The highest BCUT2D eigenvalue weighted by Crippen LogP contribution is 2.48. The third-order valence-electron chi connectivity index (χ3n) is 6.84. The molecule has 1 aliphatic heterocycles. The normalized spacial score (nSPS) is 16.5. The molecule has 4 aromatic rings. The zero-order valence-electron chi connectivity index (χ0n) is 20.4. The molecule has 1 aliphatic rings. The van der Waals surface area contributed by atoms with Gasteiger partial charge in [0, 0.05) is 29.7 Å². The maximum atomic E-state index is 5.13. The van der Waals surface area contributed by atoms with Gasteiger partial charge in [0.2, 0.25) is 5.95 Å². The average Bonchev–Trinajstić information content (AvgIpc) is 3.28. The largest absolute Gasteiger partial charge is 0.318 e. The topological polar surface area (TPSA) is 24.3 Å². The number of benzene rings is 3. The maximum absolute atomic E-state index is 5.13. The lowest BCUT2D eigenvalue weighted by Crippen LogP contribution is -2.35. The fraction of sp³-hybridized carbons (Fsp3) is 0.276. The lowest BCUT2D eigenvalue weighted by atomic mass is 9.98. The van der Waals surface area contributed by atoms with Crippen LogP contribution in [-0.2, 0) is 7.05 Å². The predicted octanol–water partition coefficient (Wildman–Crippen LogP) is 7.10. The predicted molar refractivity (Wildman–Crippen MR) is 138 cm³/mol. The zero-order valence-corrected chi connectivity index (χ0v) is 20.4. The number of aromatic nitrogens is 2. The van der Waals surface area contributed by atoms with E-state index < -0.39 is 0 Å². The Kier molecular flexibility index (Phi) is 5.24. The molecule has 168 valence electrons. The molecule has 5 rings (SSSR count). The van der Waals surface area contributed by atoms with E-state index in [0.717, 1.165) is 17.0 Å². The summed E-state index contributed by atoms with van der Waals surface area (Å²) in [4.78, 5) is 10.1. The van der Waals surface area contributed by atoms with Crippen LogP contribution in [0.2, 0.25) is 0 Å². The van der Waals surface area contributed by atoms with E-state index in [1.54, 1.807) is 0 Å². The molecule has 3 aromatic carbocycles. The molecule has 0 bridgehead atoms. The first-order chi connectivity index (χ1) is 15.9. The van der Waals surface area contributed by atoms with Gasteiger partial charge in [-0.1, -0.05) is 62.4 Å². The van der Waals surface area contributed by atoms with E-state index in [2.05, 4.69) is 129 Å². The minimum absolute atomic E-state index is 0.0125. The van der Waals surface area contributed by atoms with Crippen molar-refractivity contribution in [1.29, 1.82) is 0 Å². The number of hydrogen-bond donors (Lipinski definition) is 0. The smallest absolute Gasteiger partial charge is 0.212 e. The number of para-hydroxylation sites is 3. The molecule has 0 amide bonds. The number of allylic oxidation sites excluding steroid dienone is 2. The van der Waals surface area contributed by atoms with Crippen LogP contribution in [0.5, 0.6) is 0 Å². The number of anilines is 2. The van der Waals surface area contributed by atoms with Crippen LogP contribution in [0, 0.1) is 19.8 Å². The second kappa shape index (κ2) is 8.11. The molecule has 4 nitrogen and oxygen atoms in total. The van der Waals surface area contributed by atoms with E-state index in [0.29, 0.717) is 5.92 Å². The van der Waals surface area contributed by atoms with Gasteiger partial charge in [0.25, 0.3) is 0 Å². The number of rotatable bonds is 4. The van der Waals surface area contributed by atoms with Gasteiger partial charge in [0.1, 0.15) is 6.17 Å². The highest BCUT2D eigenvalue weighted by molar-refractivity contribution is 5.80. The molecule has 0 fully saturated rings. The van der Waals surface area contributed by atoms with Crippen LogP contribution in [-0.4, -0.2) is 9.55 Å². The Balaban J connectivity index is 1.83. The van der Waals surface area contributed by atoms with Gasteiger partial charge in [0.05, 0.1) is 11.0 Å². The Morgan fingerprint density at radius 1 is 0.758 bits per heavy atom. The molecule has 0 aliphatic carbocycles. The Bertz CT molecular complexity index is 1330. The van der Waals surface area contributed by atoms with Gasteiger partial charge >= 0.3 is 0 Å². The molecular weight excluding hydrogens is 404 g/mol. The monoisotopic (exact) mass is 436 g/mol. The second-order valence-electron chi connectivity index (χ2n) is 9.34. The lowest BCUT2D eigenvalue weighted by Gasteiger charge is -2.37. The van der Waals surface area contributed by atoms with Crippen molar-refractivity contribution in [2.45, 2.75) is 40.8 Å². The van der Waals surface area contributed by atoms with Crippen LogP contribution in [0.3, 0.4) is 0 Å². The Hall–Kier alpha value is -3.53. The summed E-state index contributed by atoms with van der Waals surface area (Å²) in [6.07, 6.45) is -0.0125. The number of hydrogen-bond acceptors (Lipinski definition) is 3. The molecule has 0 N–H and O–H groups in total. The summed E-state index contributed by atoms with van der Waals surface area (Å²) >= 11 is 0. The molecule has 1 aromatic heterocycles. The summed E-state index contributed by atoms with van der Waals surface area (Å²) < 4.78 is 2.23. The average molecular weight is 437 g/mol. The fourth-order valence-corrected chi connectivity index (χ4v) is 5.39. The second-order valence-corrected chi connectivity index (χ2v) is 9.34. The van der Waals surface area contributed by atoms with Crippen LogP contribution >= 0.6 is 0 Å². The van der Waals surface area contributed by atoms with Gasteiger partial charge in [-0.2, -0.15) is 0 Å². The Morgan fingerprint density at radius 3 is 2.03 bits per heavy atom. The maximum Gasteiger partial charge on any atom is 0.212 e. The Labute approximate surface area is 196 Å². The van der Waals surface area contributed by atoms with Crippen molar-refractivity contribution in [3.63, 3.8) is 0 Å². The van der Waals surface area contributed by atoms with Crippen LogP contribution in [0.25, 0.3) is 11.0 Å². The third kappa shape index (κ3) is 3.32. The molecule has 4 heteroatoms. The van der Waals surface area contributed by atoms with Crippen molar-refractivity contribution in [2.75, 3.05) is 9.80 Å². The zero-order chi connectivity index (χ0) is 23.3. The highest BCUT2D eigenvalue weighted by atomic mass is 15.5.